The predicted octanol–water partition coefficient (Wildman–Crippen LogP) is 3.41. The van der Waals surface area contributed by atoms with Gasteiger partial charge in [-0.25, -0.2) is 4.63 Å². The van der Waals surface area contributed by atoms with Gasteiger partial charge >= 0.3 is 0 Å². The lowest BCUT2D eigenvalue weighted by molar-refractivity contribution is 0.301. The van der Waals surface area contributed by atoms with E-state index < -0.39 is 0 Å². The van der Waals surface area contributed by atoms with Crippen molar-refractivity contribution in [3.63, 3.8) is 0 Å². The molecule has 0 aliphatic rings. The van der Waals surface area contributed by atoms with Gasteiger partial charge in [0.25, 0.3) is 0 Å². The molecule has 0 bridgehead atoms. The van der Waals surface area contributed by atoms with Crippen LogP contribution in [0.1, 0.15) is 11.4 Å². The second-order valence-corrected chi connectivity index (χ2v) is 4.54. The zero-order chi connectivity index (χ0) is 11.5. The van der Waals surface area contributed by atoms with Gasteiger partial charge in [-0.1, -0.05) is 21.9 Å². The summed E-state index contributed by atoms with van der Waals surface area (Å²) in [6, 6.07) is 5.63. The number of nitrogens with one attached hydrogen (secondary N) is 1. The highest BCUT2D eigenvalue weighted by atomic mass is 79.9. The van der Waals surface area contributed by atoms with Crippen molar-refractivity contribution in [3.05, 3.63) is 39.1 Å². The third-order valence-corrected chi connectivity index (χ3v) is 3.34. The standard InChI is InChI=1S/C10H9BrClN3O/c1-6-10(15-16-14-6)5-13-7-2-3-9(12)8(11)4-7/h2-4,13H,5H2,1H3. The summed E-state index contributed by atoms with van der Waals surface area (Å²) >= 11 is 9.25. The van der Waals surface area contributed by atoms with Gasteiger partial charge < -0.3 is 5.32 Å². The Balaban J connectivity index is 2.05. The lowest BCUT2D eigenvalue weighted by atomic mass is 10.3. The smallest absolute Gasteiger partial charge is 0.127 e. The first-order chi connectivity index (χ1) is 7.66. The van der Waals surface area contributed by atoms with E-state index in [9.17, 15) is 0 Å². The summed E-state index contributed by atoms with van der Waals surface area (Å²) in [7, 11) is 0. The van der Waals surface area contributed by atoms with Gasteiger partial charge in [0.1, 0.15) is 11.4 Å². The highest BCUT2D eigenvalue weighted by Crippen LogP contribution is 2.25. The largest absolute Gasteiger partial charge is 0.379 e. The molecule has 0 amide bonds. The van der Waals surface area contributed by atoms with Crippen molar-refractivity contribution in [2.24, 2.45) is 0 Å². The van der Waals surface area contributed by atoms with Crippen LogP contribution in [0.25, 0.3) is 0 Å². The molecule has 0 unspecified atom stereocenters. The molecule has 6 heteroatoms. The maximum atomic E-state index is 5.89. The van der Waals surface area contributed by atoms with Crippen molar-refractivity contribution in [2.45, 2.75) is 13.5 Å². The fourth-order valence-electron chi connectivity index (χ4n) is 1.20. The summed E-state index contributed by atoms with van der Waals surface area (Å²) in [6.45, 7) is 2.43. The van der Waals surface area contributed by atoms with Crippen molar-refractivity contribution in [1.29, 1.82) is 0 Å². The number of rotatable bonds is 3. The molecule has 1 heterocycles. The Kier molecular flexibility index (Phi) is 3.46. The fourth-order valence-corrected chi connectivity index (χ4v) is 1.70. The molecule has 84 valence electrons. The molecular weight excluding hydrogens is 293 g/mol. The van der Waals surface area contributed by atoms with Crippen LogP contribution in [0.5, 0.6) is 0 Å². The Bertz CT molecular complexity index is 501. The van der Waals surface area contributed by atoms with E-state index in [1.807, 2.05) is 25.1 Å². The lowest BCUT2D eigenvalue weighted by Crippen LogP contribution is -2.01. The first-order valence-corrected chi connectivity index (χ1v) is 5.81. The third-order valence-electron chi connectivity index (χ3n) is 2.13. The third kappa shape index (κ3) is 2.54. The van der Waals surface area contributed by atoms with Crippen molar-refractivity contribution in [1.82, 2.24) is 10.3 Å². The number of nitrogens with zero attached hydrogens (tertiary/aromatic N) is 2. The molecule has 0 saturated heterocycles. The zero-order valence-electron chi connectivity index (χ0n) is 8.50. The molecule has 1 aromatic heterocycles. The Hall–Kier alpha value is -1.07. The molecule has 0 fully saturated rings. The molecule has 0 saturated carbocycles. The molecule has 16 heavy (non-hydrogen) atoms. The van der Waals surface area contributed by atoms with Crippen molar-refractivity contribution < 1.29 is 4.63 Å². The van der Waals surface area contributed by atoms with Crippen LogP contribution in [0.4, 0.5) is 5.69 Å². The van der Waals surface area contributed by atoms with Gasteiger partial charge in [-0.3, -0.25) is 0 Å². The quantitative estimate of drug-likeness (QED) is 0.944. The van der Waals surface area contributed by atoms with Crippen LogP contribution in [-0.4, -0.2) is 10.3 Å². The van der Waals surface area contributed by atoms with E-state index in [2.05, 4.69) is 36.2 Å². The average Bonchev–Trinajstić information content (AvgIpc) is 2.66. The molecule has 0 radical (unpaired) electrons. The summed E-state index contributed by atoms with van der Waals surface area (Å²) < 4.78 is 5.46. The van der Waals surface area contributed by atoms with E-state index in [1.54, 1.807) is 0 Å². The first-order valence-electron chi connectivity index (χ1n) is 4.64. The number of hydrogen-bond acceptors (Lipinski definition) is 4. The maximum absolute atomic E-state index is 5.89. The van der Waals surface area contributed by atoms with Crippen LogP contribution in [0.3, 0.4) is 0 Å². The molecule has 2 rings (SSSR count). The molecular formula is C10H9BrClN3O. The van der Waals surface area contributed by atoms with Gasteiger partial charge in [0.05, 0.1) is 11.6 Å². The van der Waals surface area contributed by atoms with Gasteiger partial charge in [-0.15, -0.1) is 0 Å². The minimum absolute atomic E-state index is 0.573. The Morgan fingerprint density at radius 3 is 2.88 bits per heavy atom. The number of halogens is 2. The first kappa shape index (κ1) is 11.4. The Morgan fingerprint density at radius 2 is 2.25 bits per heavy atom. The predicted molar refractivity (Wildman–Crippen MR) is 65.5 cm³/mol. The van der Waals surface area contributed by atoms with E-state index in [4.69, 9.17) is 11.6 Å². The Morgan fingerprint density at radius 1 is 1.44 bits per heavy atom. The molecule has 1 aromatic carbocycles. The van der Waals surface area contributed by atoms with Crippen LogP contribution < -0.4 is 5.32 Å². The summed E-state index contributed by atoms with van der Waals surface area (Å²) in [6.07, 6.45) is 0. The summed E-state index contributed by atoms with van der Waals surface area (Å²) in [5, 5.41) is 11.4. The average molecular weight is 303 g/mol. The van der Waals surface area contributed by atoms with Gasteiger partial charge in [0.15, 0.2) is 0 Å². The van der Waals surface area contributed by atoms with Gasteiger partial charge in [-0.2, -0.15) is 0 Å². The van der Waals surface area contributed by atoms with Gasteiger partial charge in [0.2, 0.25) is 0 Å². The van der Waals surface area contributed by atoms with Crippen LogP contribution in [0.2, 0.25) is 5.02 Å². The molecule has 0 spiro atoms. The van der Waals surface area contributed by atoms with Crippen LogP contribution in [0.15, 0.2) is 27.3 Å². The zero-order valence-corrected chi connectivity index (χ0v) is 10.8. The molecule has 0 atom stereocenters. The molecule has 0 aliphatic heterocycles. The van der Waals surface area contributed by atoms with Crippen LogP contribution >= 0.6 is 27.5 Å². The van der Waals surface area contributed by atoms with Crippen molar-refractivity contribution >= 4 is 33.2 Å². The monoisotopic (exact) mass is 301 g/mol. The van der Waals surface area contributed by atoms with Gasteiger partial charge in [0, 0.05) is 10.2 Å². The fraction of sp³-hybridized carbons (Fsp3) is 0.200. The van der Waals surface area contributed by atoms with Crippen LogP contribution in [-0.2, 0) is 6.54 Å². The molecule has 2 aromatic rings. The Labute approximate surface area is 106 Å². The summed E-state index contributed by atoms with van der Waals surface area (Å²) in [5.41, 5.74) is 2.55. The highest BCUT2D eigenvalue weighted by Gasteiger charge is 2.05. The van der Waals surface area contributed by atoms with E-state index in [0.29, 0.717) is 11.6 Å². The minimum atomic E-state index is 0.573. The normalized spacial score (nSPS) is 10.4. The molecule has 4 nitrogen and oxygen atoms in total. The number of aromatic nitrogens is 2. The second-order valence-electron chi connectivity index (χ2n) is 3.28. The number of hydrogen-bond donors (Lipinski definition) is 1. The topological polar surface area (TPSA) is 51.0 Å². The van der Waals surface area contributed by atoms with E-state index >= 15 is 0 Å². The van der Waals surface area contributed by atoms with Crippen molar-refractivity contribution in [2.75, 3.05) is 5.32 Å². The van der Waals surface area contributed by atoms with E-state index in [-0.39, 0.29) is 0 Å². The SMILES string of the molecule is Cc1nonc1CNc1ccc(Cl)c(Br)c1. The lowest BCUT2D eigenvalue weighted by Gasteiger charge is -2.05. The van der Waals surface area contributed by atoms with E-state index in [1.165, 1.54) is 0 Å². The molecule has 0 aliphatic carbocycles. The minimum Gasteiger partial charge on any atom is -0.379 e. The highest BCUT2D eigenvalue weighted by molar-refractivity contribution is 9.10. The number of aryl methyl sites for hydroxylation is 1. The number of anilines is 1. The molecule has 1 N–H and O–H groups in total. The number of benzene rings is 1. The second kappa shape index (κ2) is 4.84. The van der Waals surface area contributed by atoms with Crippen molar-refractivity contribution in [3.8, 4) is 0 Å². The summed E-state index contributed by atoms with van der Waals surface area (Å²) in [5.74, 6) is 0. The maximum Gasteiger partial charge on any atom is 0.127 e. The van der Waals surface area contributed by atoms with Crippen LogP contribution in [0, 0.1) is 6.92 Å². The van der Waals surface area contributed by atoms with Gasteiger partial charge in [-0.05, 0) is 41.1 Å². The summed E-state index contributed by atoms with van der Waals surface area (Å²) in [4.78, 5) is 0. The van der Waals surface area contributed by atoms with E-state index in [0.717, 1.165) is 21.5 Å².